The van der Waals surface area contributed by atoms with E-state index in [4.69, 9.17) is 108 Å². The van der Waals surface area contributed by atoms with Gasteiger partial charge in [-0.05, 0) is 55.3 Å². The summed E-state index contributed by atoms with van der Waals surface area (Å²) < 4.78 is 60.3. The fourth-order valence-corrected chi connectivity index (χ4v) is 10.9. The molecule has 1 aliphatic heterocycles. The summed E-state index contributed by atoms with van der Waals surface area (Å²) in [6.45, 7) is 3.93. The van der Waals surface area contributed by atoms with Gasteiger partial charge in [0.1, 0.15) is 49.3 Å². The zero-order valence-electron chi connectivity index (χ0n) is 40.5. The number of aliphatic hydroxyl groups is 1. The number of carbonyl (C=O) groups is 7. The summed E-state index contributed by atoms with van der Waals surface area (Å²) in [5, 5.41) is 16.6. The van der Waals surface area contributed by atoms with Crippen LogP contribution in [0, 0.1) is 16.7 Å². The maximum absolute atomic E-state index is 18.6. The lowest BCUT2D eigenvalue weighted by Crippen LogP contribution is -2.81. The second-order valence-electron chi connectivity index (χ2n) is 19.4. The number of halogens is 7. The molecule has 0 radical (unpaired) electrons. The first kappa shape index (κ1) is 57.8. The molecule has 75 heavy (non-hydrogen) atoms. The highest BCUT2D eigenvalue weighted by molar-refractivity contribution is 6.68. The number of allylic oxidation sites excluding steroid dienone is 1. The maximum Gasteiger partial charge on any atom is 0.509 e. The van der Waals surface area contributed by atoms with Crippen LogP contribution in [0.25, 0.3) is 0 Å². The van der Waals surface area contributed by atoms with E-state index in [1.54, 1.807) is 42.5 Å². The Kier molecular flexibility index (Phi) is 16.8. The summed E-state index contributed by atoms with van der Waals surface area (Å²) in [5.41, 5.74) is -12.2. The van der Waals surface area contributed by atoms with E-state index in [-0.39, 0.29) is 23.1 Å². The molecule has 4 aliphatic rings. The van der Waals surface area contributed by atoms with Crippen molar-refractivity contribution in [3.05, 3.63) is 119 Å². The first-order valence-corrected chi connectivity index (χ1v) is 25.4. The van der Waals surface area contributed by atoms with E-state index in [1.807, 2.05) is 0 Å². The van der Waals surface area contributed by atoms with Crippen LogP contribution >= 0.6 is 69.6 Å². The van der Waals surface area contributed by atoms with Gasteiger partial charge in [-0.1, -0.05) is 150 Å². The minimum Gasteiger partial charge on any atom is -0.456 e. The van der Waals surface area contributed by atoms with Crippen LogP contribution < -0.4 is 5.32 Å². The van der Waals surface area contributed by atoms with Crippen molar-refractivity contribution in [1.29, 1.82) is 0 Å². The Labute approximate surface area is 459 Å². The molecule has 2 saturated carbocycles. The molecule has 3 aliphatic carbocycles. The number of rotatable bonds is 13. The highest BCUT2D eigenvalue weighted by atomic mass is 35.6. The van der Waals surface area contributed by atoms with Crippen molar-refractivity contribution in [3.8, 4) is 0 Å². The molecule has 0 aromatic heterocycles. The quantitative estimate of drug-likeness (QED) is 0.0924. The van der Waals surface area contributed by atoms with E-state index in [2.05, 4.69) is 5.32 Å². The summed E-state index contributed by atoms with van der Waals surface area (Å²) in [5.74, 6) is -7.04. The number of alkyl halides is 7. The molecule has 3 aromatic carbocycles. The third-order valence-electron chi connectivity index (χ3n) is 14.3. The van der Waals surface area contributed by atoms with Crippen molar-refractivity contribution in [2.24, 2.45) is 16.7 Å². The number of fused-ring (bicyclic) bond motifs is 5. The lowest BCUT2D eigenvalue weighted by molar-refractivity contribution is -0.345. The van der Waals surface area contributed by atoms with Gasteiger partial charge in [-0.25, -0.2) is 23.6 Å². The van der Waals surface area contributed by atoms with Gasteiger partial charge in [0, 0.05) is 30.7 Å². The molecule has 7 rings (SSSR count). The molecular formula is C51H50Cl6FNO16. The Morgan fingerprint density at radius 1 is 0.773 bits per heavy atom. The van der Waals surface area contributed by atoms with Gasteiger partial charge in [0.15, 0.2) is 17.1 Å². The summed E-state index contributed by atoms with van der Waals surface area (Å²) in [7, 11) is 0. The van der Waals surface area contributed by atoms with Crippen LogP contribution in [-0.2, 0) is 52.3 Å². The van der Waals surface area contributed by atoms with Gasteiger partial charge in [-0.3, -0.25) is 14.4 Å². The molecule has 24 heteroatoms. The number of esters is 3. The summed E-state index contributed by atoms with van der Waals surface area (Å²) in [6.07, 6.45) is -13.0. The monoisotopic (exact) mass is 1160 g/mol. The Morgan fingerprint density at radius 3 is 1.85 bits per heavy atom. The van der Waals surface area contributed by atoms with Crippen LogP contribution in [0.2, 0.25) is 0 Å². The molecule has 1 amide bonds. The van der Waals surface area contributed by atoms with Crippen LogP contribution in [0.5, 0.6) is 0 Å². The lowest BCUT2D eigenvalue weighted by Gasteiger charge is -2.67. The minimum atomic E-state index is -2.97. The Morgan fingerprint density at radius 2 is 1.32 bits per heavy atom. The molecule has 1 saturated heterocycles. The molecule has 2 bridgehead atoms. The first-order valence-electron chi connectivity index (χ1n) is 23.1. The predicted molar refractivity (Wildman–Crippen MR) is 268 cm³/mol. The van der Waals surface area contributed by atoms with Crippen LogP contribution in [-0.4, -0.2) is 122 Å². The van der Waals surface area contributed by atoms with Crippen molar-refractivity contribution in [2.75, 3.05) is 19.8 Å². The number of benzene rings is 3. The second-order valence-corrected chi connectivity index (χ2v) is 24.4. The molecule has 0 spiro atoms. The Bertz CT molecular complexity index is 2710. The van der Waals surface area contributed by atoms with Crippen molar-refractivity contribution in [2.45, 2.75) is 108 Å². The maximum atomic E-state index is 18.6. The van der Waals surface area contributed by atoms with E-state index in [1.165, 1.54) is 69.3 Å². The molecule has 404 valence electrons. The summed E-state index contributed by atoms with van der Waals surface area (Å²) >= 11 is 35.1. The Hall–Kier alpha value is -4.92. The molecule has 2 N–H and O–H groups in total. The van der Waals surface area contributed by atoms with Gasteiger partial charge in [-0.15, -0.1) is 0 Å². The highest BCUT2D eigenvalue weighted by Crippen LogP contribution is 2.65. The van der Waals surface area contributed by atoms with E-state index in [0.717, 1.165) is 19.9 Å². The van der Waals surface area contributed by atoms with Gasteiger partial charge in [0.05, 0.1) is 23.5 Å². The number of carbonyl (C=O) groups excluding carboxylic acids is 7. The molecule has 11 atom stereocenters. The Balaban J connectivity index is 1.40. The minimum absolute atomic E-state index is 0.0631. The summed E-state index contributed by atoms with van der Waals surface area (Å²) in [4.78, 5) is 99.2. The molecule has 3 aromatic rings. The van der Waals surface area contributed by atoms with Crippen molar-refractivity contribution in [3.63, 3.8) is 0 Å². The van der Waals surface area contributed by atoms with Crippen LogP contribution in [0.1, 0.15) is 79.8 Å². The average Bonchev–Trinajstić information content (AvgIpc) is 3.34. The van der Waals surface area contributed by atoms with Gasteiger partial charge < -0.3 is 48.3 Å². The third-order valence-corrected chi connectivity index (χ3v) is 15.0. The van der Waals surface area contributed by atoms with Crippen molar-refractivity contribution >= 4 is 112 Å². The smallest absolute Gasteiger partial charge is 0.456 e. The number of hydrogen-bond acceptors (Lipinski definition) is 16. The van der Waals surface area contributed by atoms with Gasteiger partial charge in [-0.2, -0.15) is 0 Å². The number of ketones is 1. The fraction of sp³-hybridized carbons (Fsp3) is 0.471. The van der Waals surface area contributed by atoms with E-state index in [0.29, 0.717) is 0 Å². The summed E-state index contributed by atoms with van der Waals surface area (Å²) in [6, 6.07) is 21.2. The number of amides is 1. The van der Waals surface area contributed by atoms with Gasteiger partial charge >= 0.3 is 30.2 Å². The topological polar surface area (TPSA) is 226 Å². The third kappa shape index (κ3) is 11.8. The fourth-order valence-electron chi connectivity index (χ4n) is 10.6. The van der Waals surface area contributed by atoms with Gasteiger partial charge in [0.2, 0.25) is 13.7 Å². The van der Waals surface area contributed by atoms with Crippen molar-refractivity contribution < 1.29 is 81.0 Å². The van der Waals surface area contributed by atoms with Gasteiger partial charge in [0.25, 0.3) is 5.91 Å². The SMILES string of the molecule is CC(=O)O[C@@]12CO[C@@H]1C[C@H](OC(=O)OCC(Cl)(Cl)Cl)[C@@]1(C)C(=O)/C=C3/C(C)(F)[C@@H](OC(=O)[C@H](OC(=O)OCC(Cl)(Cl)Cl)[C@@H](NC(=O)c4ccccc4)c4ccccc4)C[C@@](O)(C(OC(=O)c4ccccc4)C12)C3(C)C. The van der Waals surface area contributed by atoms with E-state index < -0.39 is 151 Å². The highest BCUT2D eigenvalue weighted by Gasteiger charge is 2.79. The largest absolute Gasteiger partial charge is 0.509 e. The predicted octanol–water partition coefficient (Wildman–Crippen LogP) is 9.20. The van der Waals surface area contributed by atoms with Crippen molar-refractivity contribution in [1.82, 2.24) is 5.32 Å². The molecule has 3 unspecified atom stereocenters. The second kappa shape index (κ2) is 21.8. The first-order chi connectivity index (χ1) is 34.9. The number of ether oxygens (including phenoxy) is 8. The van der Waals surface area contributed by atoms with Crippen LogP contribution in [0.15, 0.2) is 103 Å². The normalized spacial score (nSPS) is 30.2. The molecular weight excluding hydrogens is 1110 g/mol. The molecule has 17 nitrogen and oxygen atoms in total. The van der Waals surface area contributed by atoms with E-state index >= 15 is 14.0 Å². The molecule has 3 fully saturated rings. The van der Waals surface area contributed by atoms with Crippen LogP contribution in [0.4, 0.5) is 14.0 Å². The molecule has 1 heterocycles. The standard InChI is InChI=1S/C51H50Cl6FNO16/c1-27(60)75-48-24-68-34(48)22-33(72-43(65)69-25-50(52,53)54)46(4)32(61)21-31-45(2,3)49(67,39(38(46)48)74-41(63)30-19-13-8-14-20-30)23-35(47(31,5)58)71-42(64)37(73-44(66)70-26-51(55,56)57)36(28-15-9-6-10-16-28)59-40(62)29-17-11-7-12-18-29/h6-21,33-39,67H,22-26H2,1-5H3,(H,59,62)/b31-21+/t33-,34+,35-,36-,37+,38?,39?,46+,47?,48-,49+/m0/s1. The lowest BCUT2D eigenvalue weighted by atomic mass is 9.45. The number of hydrogen-bond donors (Lipinski definition) is 2. The van der Waals surface area contributed by atoms with Crippen LogP contribution in [0.3, 0.4) is 0 Å². The average molecular weight is 1160 g/mol. The zero-order valence-corrected chi connectivity index (χ0v) is 45.1. The zero-order chi connectivity index (χ0) is 55.1. The van der Waals surface area contributed by atoms with E-state index in [9.17, 15) is 29.1 Å². The number of nitrogens with one attached hydrogen (secondary N) is 1.